The maximum Gasteiger partial charge on any atom is 0.0207 e. The first-order chi connectivity index (χ1) is 4.83. The largest absolute Gasteiger partial charge is 0.330 e. The van der Waals surface area contributed by atoms with Crippen LogP contribution in [0, 0.1) is 0 Å². The van der Waals surface area contributed by atoms with Gasteiger partial charge in [-0.1, -0.05) is 0 Å². The second-order valence-corrected chi connectivity index (χ2v) is 3.03. The van der Waals surface area contributed by atoms with Gasteiger partial charge in [0.05, 0.1) is 0 Å². The van der Waals surface area contributed by atoms with Crippen LogP contribution in [0.5, 0.6) is 0 Å². The summed E-state index contributed by atoms with van der Waals surface area (Å²) in [5, 5.41) is 3.23. The van der Waals surface area contributed by atoms with E-state index in [1.54, 1.807) is 0 Å². The highest BCUT2D eigenvalue weighted by Gasteiger charge is 2.21. The van der Waals surface area contributed by atoms with Crippen LogP contribution in [0.3, 0.4) is 0 Å². The van der Waals surface area contributed by atoms with E-state index in [2.05, 4.69) is 5.32 Å². The third-order valence-corrected chi connectivity index (χ3v) is 1.86. The molecule has 60 valence electrons. The van der Waals surface area contributed by atoms with E-state index in [1.807, 2.05) is 0 Å². The third-order valence-electron chi connectivity index (χ3n) is 1.86. The van der Waals surface area contributed by atoms with Crippen molar-refractivity contribution >= 4 is 0 Å². The lowest BCUT2D eigenvalue weighted by atomic mass is 10.1. The number of hydrogen-bond donors (Lipinski definition) is 3. The Bertz CT molecular complexity index is 90.9. The van der Waals surface area contributed by atoms with Gasteiger partial charge in [0.15, 0.2) is 0 Å². The zero-order valence-corrected chi connectivity index (χ0v) is 6.34. The molecular formula is C7H17N3. The summed E-state index contributed by atoms with van der Waals surface area (Å²) in [6, 6.07) is 1.08. The average Bonchev–Trinajstić information content (AvgIpc) is 2.67. The van der Waals surface area contributed by atoms with Crippen LogP contribution in [0.15, 0.2) is 0 Å². The Kier molecular flexibility index (Phi) is 3.12. The fourth-order valence-electron chi connectivity index (χ4n) is 1.11. The Morgan fingerprint density at radius 2 is 2.30 bits per heavy atom. The van der Waals surface area contributed by atoms with Crippen molar-refractivity contribution in [2.45, 2.75) is 31.3 Å². The summed E-state index contributed by atoms with van der Waals surface area (Å²) in [6.45, 7) is 1.93. The monoisotopic (exact) mass is 143 g/mol. The van der Waals surface area contributed by atoms with Gasteiger partial charge in [-0.2, -0.15) is 0 Å². The molecule has 1 heterocycles. The smallest absolute Gasteiger partial charge is 0.0207 e. The summed E-state index contributed by atoms with van der Waals surface area (Å²) >= 11 is 0. The molecule has 0 amide bonds. The molecule has 5 N–H and O–H groups in total. The minimum atomic E-state index is 0.364. The van der Waals surface area contributed by atoms with Crippen molar-refractivity contribution in [2.75, 3.05) is 13.1 Å². The van der Waals surface area contributed by atoms with E-state index in [9.17, 15) is 0 Å². The van der Waals surface area contributed by atoms with Gasteiger partial charge in [-0.3, -0.25) is 0 Å². The summed E-state index contributed by atoms with van der Waals surface area (Å²) in [5.74, 6) is 0. The molecule has 0 radical (unpaired) electrons. The van der Waals surface area contributed by atoms with E-state index in [4.69, 9.17) is 11.5 Å². The predicted molar refractivity (Wildman–Crippen MR) is 42.7 cm³/mol. The van der Waals surface area contributed by atoms with Crippen LogP contribution < -0.4 is 16.8 Å². The zero-order valence-electron chi connectivity index (χ0n) is 6.34. The second-order valence-electron chi connectivity index (χ2n) is 3.03. The van der Waals surface area contributed by atoms with E-state index >= 15 is 0 Å². The molecule has 0 spiro atoms. The Morgan fingerprint density at radius 3 is 2.80 bits per heavy atom. The Hall–Kier alpha value is -0.120. The molecule has 3 heteroatoms. The van der Waals surface area contributed by atoms with E-state index in [0.29, 0.717) is 12.1 Å². The SMILES string of the molecule is NCCCC(N)CC1CN1. The summed E-state index contributed by atoms with van der Waals surface area (Å²) < 4.78 is 0. The number of nitrogens with two attached hydrogens (primary N) is 2. The summed E-state index contributed by atoms with van der Waals surface area (Å²) in [4.78, 5) is 0. The molecule has 1 aliphatic heterocycles. The van der Waals surface area contributed by atoms with Crippen molar-refractivity contribution in [3.8, 4) is 0 Å². The van der Waals surface area contributed by atoms with Crippen LogP contribution in [0.4, 0.5) is 0 Å². The molecule has 1 rings (SSSR count). The first kappa shape index (κ1) is 7.98. The normalized spacial score (nSPS) is 26.4. The highest BCUT2D eigenvalue weighted by Crippen LogP contribution is 2.08. The van der Waals surface area contributed by atoms with E-state index in [0.717, 1.165) is 32.4 Å². The molecular weight excluding hydrogens is 126 g/mol. The van der Waals surface area contributed by atoms with Crippen molar-refractivity contribution in [3.63, 3.8) is 0 Å². The van der Waals surface area contributed by atoms with E-state index < -0.39 is 0 Å². The minimum Gasteiger partial charge on any atom is -0.330 e. The molecule has 1 aliphatic rings. The molecule has 0 aromatic rings. The number of rotatable bonds is 5. The van der Waals surface area contributed by atoms with Gasteiger partial charge in [-0.05, 0) is 25.8 Å². The van der Waals surface area contributed by atoms with Gasteiger partial charge < -0.3 is 16.8 Å². The molecule has 10 heavy (non-hydrogen) atoms. The topological polar surface area (TPSA) is 74.0 Å². The fourth-order valence-corrected chi connectivity index (χ4v) is 1.11. The molecule has 1 fully saturated rings. The second kappa shape index (κ2) is 3.91. The van der Waals surface area contributed by atoms with Gasteiger partial charge in [-0.15, -0.1) is 0 Å². The van der Waals surface area contributed by atoms with Gasteiger partial charge in [0.2, 0.25) is 0 Å². The molecule has 2 unspecified atom stereocenters. The molecule has 0 saturated carbocycles. The minimum absolute atomic E-state index is 0.364. The zero-order chi connectivity index (χ0) is 7.40. The predicted octanol–water partition coefficient (Wildman–Crippen LogP) is -0.585. The Balaban J connectivity index is 1.91. The van der Waals surface area contributed by atoms with Gasteiger partial charge >= 0.3 is 0 Å². The maximum absolute atomic E-state index is 5.81. The molecule has 2 atom stereocenters. The van der Waals surface area contributed by atoms with E-state index in [-0.39, 0.29) is 0 Å². The van der Waals surface area contributed by atoms with Crippen LogP contribution in [-0.2, 0) is 0 Å². The van der Waals surface area contributed by atoms with Crippen LogP contribution >= 0.6 is 0 Å². The summed E-state index contributed by atoms with van der Waals surface area (Å²) in [5.41, 5.74) is 11.2. The Morgan fingerprint density at radius 1 is 1.60 bits per heavy atom. The van der Waals surface area contributed by atoms with Crippen LogP contribution in [0.25, 0.3) is 0 Å². The first-order valence-corrected chi connectivity index (χ1v) is 4.02. The highest BCUT2D eigenvalue weighted by molar-refractivity contribution is 4.86. The van der Waals surface area contributed by atoms with Gasteiger partial charge in [0, 0.05) is 18.6 Å². The quantitative estimate of drug-likeness (QED) is 0.450. The molecule has 0 bridgehead atoms. The van der Waals surface area contributed by atoms with Gasteiger partial charge in [0.25, 0.3) is 0 Å². The molecule has 0 aromatic carbocycles. The van der Waals surface area contributed by atoms with Crippen molar-refractivity contribution in [1.29, 1.82) is 0 Å². The van der Waals surface area contributed by atoms with Crippen molar-refractivity contribution in [3.05, 3.63) is 0 Å². The molecule has 0 aromatic heterocycles. The summed E-state index contributed by atoms with van der Waals surface area (Å²) in [6.07, 6.45) is 3.27. The van der Waals surface area contributed by atoms with Crippen LogP contribution in [0.1, 0.15) is 19.3 Å². The van der Waals surface area contributed by atoms with E-state index in [1.165, 1.54) is 0 Å². The fraction of sp³-hybridized carbons (Fsp3) is 1.00. The number of hydrogen-bond acceptors (Lipinski definition) is 3. The summed E-state index contributed by atoms with van der Waals surface area (Å²) in [7, 11) is 0. The Labute approximate surface area is 62.2 Å². The van der Waals surface area contributed by atoms with Crippen molar-refractivity contribution in [1.82, 2.24) is 5.32 Å². The number of nitrogens with one attached hydrogen (secondary N) is 1. The van der Waals surface area contributed by atoms with Crippen LogP contribution in [-0.4, -0.2) is 25.2 Å². The van der Waals surface area contributed by atoms with Gasteiger partial charge in [0.1, 0.15) is 0 Å². The molecule has 1 saturated heterocycles. The standard InChI is InChI=1S/C7H17N3/c8-3-1-2-6(9)4-7-5-10-7/h6-7,10H,1-5,8-9H2. The lowest BCUT2D eigenvalue weighted by Crippen LogP contribution is -2.23. The lowest BCUT2D eigenvalue weighted by molar-refractivity contribution is 0.546. The molecule has 0 aliphatic carbocycles. The van der Waals surface area contributed by atoms with Crippen molar-refractivity contribution in [2.24, 2.45) is 11.5 Å². The lowest BCUT2D eigenvalue weighted by Gasteiger charge is -2.07. The first-order valence-electron chi connectivity index (χ1n) is 4.02. The molecule has 3 nitrogen and oxygen atoms in total. The van der Waals surface area contributed by atoms with Crippen molar-refractivity contribution < 1.29 is 0 Å². The van der Waals surface area contributed by atoms with Crippen LogP contribution in [0.2, 0.25) is 0 Å². The average molecular weight is 143 g/mol. The third kappa shape index (κ3) is 3.15. The van der Waals surface area contributed by atoms with Gasteiger partial charge in [-0.25, -0.2) is 0 Å². The maximum atomic E-state index is 5.81. The highest BCUT2D eigenvalue weighted by atomic mass is 15.1.